The molecular formula is C21H26O6. The van der Waals surface area contributed by atoms with Gasteiger partial charge in [0.1, 0.15) is 23.6 Å². The molecule has 0 radical (unpaired) electrons. The molecule has 2 aromatic rings. The second-order valence-corrected chi connectivity index (χ2v) is 7.22. The average Bonchev–Trinajstić information content (AvgIpc) is 2.70. The van der Waals surface area contributed by atoms with Crippen molar-refractivity contribution in [3.05, 3.63) is 65.2 Å². The van der Waals surface area contributed by atoms with Crippen molar-refractivity contribution in [1.29, 1.82) is 0 Å². The Balaban J connectivity index is 1.87. The molecule has 1 aliphatic rings. The molecule has 1 fully saturated rings. The molecule has 5 N–H and O–H groups in total. The van der Waals surface area contributed by atoms with E-state index in [0.29, 0.717) is 12.0 Å². The van der Waals surface area contributed by atoms with E-state index in [9.17, 15) is 25.5 Å². The molecule has 1 saturated carbocycles. The lowest BCUT2D eigenvalue weighted by molar-refractivity contribution is -0.213. The quantitative estimate of drug-likeness (QED) is 0.523. The summed E-state index contributed by atoms with van der Waals surface area (Å²) in [6, 6.07) is 14.8. The summed E-state index contributed by atoms with van der Waals surface area (Å²) in [7, 11) is 1.61. The first-order valence-corrected chi connectivity index (χ1v) is 8.99. The maximum absolute atomic E-state index is 11.1. The molecule has 1 aliphatic carbocycles. The van der Waals surface area contributed by atoms with Crippen molar-refractivity contribution in [2.45, 2.75) is 36.8 Å². The summed E-state index contributed by atoms with van der Waals surface area (Å²) in [5, 5.41) is 51.1. The predicted molar refractivity (Wildman–Crippen MR) is 99.4 cm³/mol. The van der Waals surface area contributed by atoms with E-state index in [4.69, 9.17) is 4.74 Å². The Morgan fingerprint density at radius 2 is 1.70 bits per heavy atom. The molecule has 0 unspecified atom stereocenters. The molecule has 6 nitrogen and oxygen atoms in total. The molecule has 0 saturated heterocycles. The van der Waals surface area contributed by atoms with Gasteiger partial charge >= 0.3 is 0 Å². The summed E-state index contributed by atoms with van der Waals surface area (Å²) in [6.07, 6.45) is -3.79. The van der Waals surface area contributed by atoms with E-state index in [1.54, 1.807) is 25.3 Å². The zero-order chi connectivity index (χ0) is 19.6. The molecular weight excluding hydrogens is 348 g/mol. The minimum Gasteiger partial charge on any atom is -0.497 e. The second-order valence-electron chi connectivity index (χ2n) is 7.22. The summed E-state index contributed by atoms with van der Waals surface area (Å²) < 4.78 is 5.16. The van der Waals surface area contributed by atoms with Crippen molar-refractivity contribution in [2.75, 3.05) is 13.7 Å². The molecule has 146 valence electrons. The first-order chi connectivity index (χ1) is 12.9. The van der Waals surface area contributed by atoms with Gasteiger partial charge in [0.25, 0.3) is 0 Å². The number of ether oxygens (including phenoxy) is 1. The van der Waals surface area contributed by atoms with Crippen molar-refractivity contribution in [2.24, 2.45) is 5.92 Å². The highest BCUT2D eigenvalue weighted by atomic mass is 16.5. The summed E-state index contributed by atoms with van der Waals surface area (Å²) in [4.78, 5) is 0. The predicted octanol–water partition coefficient (Wildman–Crippen LogP) is 0.568. The van der Waals surface area contributed by atoms with Crippen molar-refractivity contribution < 1.29 is 30.3 Å². The molecule has 0 heterocycles. The van der Waals surface area contributed by atoms with Gasteiger partial charge in [0.05, 0.1) is 13.2 Å². The van der Waals surface area contributed by atoms with Crippen LogP contribution in [0.15, 0.2) is 48.5 Å². The van der Waals surface area contributed by atoms with E-state index >= 15 is 0 Å². The van der Waals surface area contributed by atoms with E-state index in [1.807, 2.05) is 30.3 Å². The van der Waals surface area contributed by atoms with Crippen LogP contribution in [-0.4, -0.2) is 57.6 Å². The van der Waals surface area contributed by atoms with Crippen LogP contribution in [0.25, 0.3) is 0 Å². The van der Waals surface area contributed by atoms with Crippen LogP contribution in [0.4, 0.5) is 0 Å². The molecule has 0 aromatic heterocycles. The Hall–Kier alpha value is -1.96. The monoisotopic (exact) mass is 374 g/mol. The third kappa shape index (κ3) is 3.85. The van der Waals surface area contributed by atoms with Crippen LogP contribution in [0.5, 0.6) is 5.75 Å². The lowest BCUT2D eigenvalue weighted by Crippen LogP contribution is -2.59. The fourth-order valence-corrected chi connectivity index (χ4v) is 3.78. The average molecular weight is 374 g/mol. The van der Waals surface area contributed by atoms with Gasteiger partial charge in [-0.2, -0.15) is 0 Å². The van der Waals surface area contributed by atoms with Crippen LogP contribution in [-0.2, 0) is 12.0 Å². The second kappa shape index (κ2) is 7.96. The van der Waals surface area contributed by atoms with Crippen LogP contribution >= 0.6 is 0 Å². The van der Waals surface area contributed by atoms with Gasteiger partial charge in [0, 0.05) is 12.5 Å². The fraction of sp³-hybridized carbons (Fsp3) is 0.429. The summed E-state index contributed by atoms with van der Waals surface area (Å²) >= 11 is 0. The zero-order valence-corrected chi connectivity index (χ0v) is 15.2. The van der Waals surface area contributed by atoms with Crippen LogP contribution < -0.4 is 4.74 Å². The van der Waals surface area contributed by atoms with Gasteiger partial charge in [-0.1, -0.05) is 36.4 Å². The SMILES string of the molecule is COc1ccc(Cc2cccc([C@@]3(O)C[C@H](CO)[C@@H](O)[C@@H](O)[C@H]3O)c2)cc1. The number of hydrogen-bond donors (Lipinski definition) is 5. The minimum absolute atomic E-state index is 0.0467. The minimum atomic E-state index is -1.75. The van der Waals surface area contributed by atoms with Crippen molar-refractivity contribution in [3.63, 3.8) is 0 Å². The maximum atomic E-state index is 11.1. The van der Waals surface area contributed by atoms with E-state index in [0.717, 1.165) is 16.9 Å². The topological polar surface area (TPSA) is 110 Å². The fourth-order valence-electron chi connectivity index (χ4n) is 3.78. The number of benzene rings is 2. The molecule has 0 aliphatic heterocycles. The first kappa shape index (κ1) is 19.8. The van der Waals surface area contributed by atoms with E-state index in [2.05, 4.69) is 0 Å². The van der Waals surface area contributed by atoms with Gasteiger partial charge in [-0.3, -0.25) is 0 Å². The lowest BCUT2D eigenvalue weighted by Gasteiger charge is -2.46. The van der Waals surface area contributed by atoms with E-state index < -0.39 is 36.4 Å². The number of hydrogen-bond acceptors (Lipinski definition) is 6. The summed E-state index contributed by atoms with van der Waals surface area (Å²) in [5.41, 5.74) is 0.694. The molecule has 5 atom stereocenters. The third-order valence-corrected chi connectivity index (χ3v) is 5.45. The van der Waals surface area contributed by atoms with E-state index in [1.165, 1.54) is 0 Å². The molecule has 0 spiro atoms. The maximum Gasteiger partial charge on any atom is 0.118 e. The van der Waals surface area contributed by atoms with Crippen LogP contribution in [0.3, 0.4) is 0 Å². The highest BCUT2D eigenvalue weighted by Crippen LogP contribution is 2.40. The summed E-state index contributed by atoms with van der Waals surface area (Å²) in [5.74, 6) is 0.0494. The summed E-state index contributed by atoms with van der Waals surface area (Å²) in [6.45, 7) is -0.390. The van der Waals surface area contributed by atoms with Crippen molar-refractivity contribution in [1.82, 2.24) is 0 Å². The number of aliphatic hydroxyl groups excluding tert-OH is 4. The highest BCUT2D eigenvalue weighted by molar-refractivity contribution is 5.35. The number of rotatable bonds is 5. The molecule has 2 aromatic carbocycles. The Morgan fingerprint density at radius 3 is 2.33 bits per heavy atom. The van der Waals surface area contributed by atoms with Crippen molar-refractivity contribution in [3.8, 4) is 5.75 Å². The Bertz CT molecular complexity index is 760. The highest BCUT2D eigenvalue weighted by Gasteiger charge is 2.52. The lowest BCUT2D eigenvalue weighted by atomic mass is 9.69. The van der Waals surface area contributed by atoms with Crippen molar-refractivity contribution >= 4 is 0 Å². The Labute approximate surface area is 158 Å². The van der Waals surface area contributed by atoms with Crippen LogP contribution in [0.2, 0.25) is 0 Å². The Kier molecular flexibility index (Phi) is 5.83. The van der Waals surface area contributed by atoms with Gasteiger partial charge in [0.2, 0.25) is 0 Å². The molecule has 3 rings (SSSR count). The molecule has 0 amide bonds. The number of aliphatic hydroxyl groups is 5. The van der Waals surface area contributed by atoms with Crippen LogP contribution in [0, 0.1) is 5.92 Å². The van der Waals surface area contributed by atoms with Gasteiger partial charge in [-0.15, -0.1) is 0 Å². The number of methoxy groups -OCH3 is 1. The standard InChI is InChI=1S/C21H26O6/c1-27-17-7-5-13(6-8-17)9-14-3-2-4-16(10-14)21(26)11-15(12-22)18(23)19(24)20(21)25/h2-8,10,15,18-20,22-26H,9,11-12H2,1H3/t15-,18-,19-,20-,21+/m1/s1. The van der Waals surface area contributed by atoms with Crippen LogP contribution in [0.1, 0.15) is 23.1 Å². The Morgan fingerprint density at radius 1 is 1.00 bits per heavy atom. The normalized spacial score (nSPS) is 30.9. The molecule has 6 heteroatoms. The smallest absolute Gasteiger partial charge is 0.118 e. The van der Waals surface area contributed by atoms with Gasteiger partial charge in [-0.05, 0) is 41.7 Å². The third-order valence-electron chi connectivity index (χ3n) is 5.45. The van der Waals surface area contributed by atoms with Gasteiger partial charge < -0.3 is 30.3 Å². The molecule has 27 heavy (non-hydrogen) atoms. The largest absolute Gasteiger partial charge is 0.497 e. The van der Waals surface area contributed by atoms with E-state index in [-0.39, 0.29) is 6.42 Å². The molecule has 0 bridgehead atoms. The van der Waals surface area contributed by atoms with Gasteiger partial charge in [-0.25, -0.2) is 0 Å². The van der Waals surface area contributed by atoms with Gasteiger partial charge in [0.15, 0.2) is 0 Å². The first-order valence-electron chi connectivity index (χ1n) is 8.99. The zero-order valence-electron chi connectivity index (χ0n) is 15.2.